The minimum Gasteiger partial charge on any atom is -0.494 e. The summed E-state index contributed by atoms with van der Waals surface area (Å²) in [5, 5.41) is 9.62. The highest BCUT2D eigenvalue weighted by atomic mass is 16.5. The highest BCUT2D eigenvalue weighted by Crippen LogP contribution is 2.30. The lowest BCUT2D eigenvalue weighted by Crippen LogP contribution is -2.36. The van der Waals surface area contributed by atoms with Crippen LogP contribution in [0.5, 0.6) is 5.75 Å². The second kappa shape index (κ2) is 8.05. The summed E-state index contributed by atoms with van der Waals surface area (Å²) in [6, 6.07) is 10.8. The summed E-state index contributed by atoms with van der Waals surface area (Å²) in [6.07, 6.45) is 7.32. The molecule has 1 fully saturated rings. The van der Waals surface area contributed by atoms with Gasteiger partial charge in [0, 0.05) is 6.04 Å². The van der Waals surface area contributed by atoms with E-state index in [0.29, 0.717) is 6.04 Å². The van der Waals surface area contributed by atoms with Crippen LogP contribution in [0.15, 0.2) is 24.3 Å². The first-order valence-corrected chi connectivity index (χ1v) is 8.10. The van der Waals surface area contributed by atoms with E-state index in [1.165, 1.54) is 32.1 Å². The highest BCUT2D eigenvalue weighted by Gasteiger charge is 2.25. The Hall–Kier alpha value is -1.53. The lowest BCUT2D eigenvalue weighted by Gasteiger charge is -2.34. The van der Waals surface area contributed by atoms with Crippen molar-refractivity contribution in [2.75, 3.05) is 13.7 Å². The van der Waals surface area contributed by atoms with Crippen molar-refractivity contribution >= 4 is 0 Å². The molecule has 0 saturated heterocycles. The fraction of sp³-hybridized carbons (Fsp3) is 0.611. The largest absolute Gasteiger partial charge is 0.494 e. The Bertz CT molecular complexity index is 474. The second-order valence-electron chi connectivity index (χ2n) is 5.91. The molecule has 0 N–H and O–H groups in total. The third-order valence-corrected chi connectivity index (χ3v) is 4.33. The summed E-state index contributed by atoms with van der Waals surface area (Å²) in [5.74, 6) is 0.867. The zero-order chi connectivity index (χ0) is 15.1. The lowest BCUT2D eigenvalue weighted by molar-refractivity contribution is 0.164. The van der Waals surface area contributed by atoms with E-state index in [2.05, 4.69) is 24.9 Å². The van der Waals surface area contributed by atoms with E-state index in [1.807, 2.05) is 24.3 Å². The number of ether oxygens (including phenoxy) is 1. The predicted octanol–water partition coefficient (Wildman–Crippen LogP) is 4.30. The van der Waals surface area contributed by atoms with Gasteiger partial charge in [-0.15, -0.1) is 0 Å². The molecule has 0 heterocycles. The zero-order valence-corrected chi connectivity index (χ0v) is 13.2. The van der Waals surface area contributed by atoms with Gasteiger partial charge in [0.05, 0.1) is 12.7 Å². The van der Waals surface area contributed by atoms with Gasteiger partial charge >= 0.3 is 0 Å². The second-order valence-corrected chi connectivity index (χ2v) is 5.91. The average molecular weight is 286 g/mol. The molecule has 0 aliphatic heterocycles. The molecule has 2 rings (SSSR count). The summed E-state index contributed by atoms with van der Waals surface area (Å²) in [5.41, 5.74) is 1.04. The maximum atomic E-state index is 9.62. The van der Waals surface area contributed by atoms with Gasteiger partial charge in [0.2, 0.25) is 0 Å². The van der Waals surface area contributed by atoms with E-state index in [-0.39, 0.29) is 6.04 Å². The number of hydrogen-bond acceptors (Lipinski definition) is 3. The Balaban J connectivity index is 2.10. The Morgan fingerprint density at radius 2 is 2.10 bits per heavy atom. The lowest BCUT2D eigenvalue weighted by atomic mass is 9.92. The predicted molar refractivity (Wildman–Crippen MR) is 85.2 cm³/mol. The standard InChI is InChI=1S/C18H26N2O/c1-3-12-21-17-11-7-8-15(13-17)18(14-19)20(2)16-9-5-4-6-10-16/h7-8,11,13,16,18H,3-6,9-10,12H2,1-2H3. The molecule has 1 saturated carbocycles. The Kier molecular flexibility index (Phi) is 6.07. The zero-order valence-electron chi connectivity index (χ0n) is 13.2. The van der Waals surface area contributed by atoms with Crippen LogP contribution in [0.1, 0.15) is 57.1 Å². The van der Waals surface area contributed by atoms with Crippen molar-refractivity contribution < 1.29 is 4.74 Å². The third-order valence-electron chi connectivity index (χ3n) is 4.33. The van der Waals surface area contributed by atoms with Crippen molar-refractivity contribution in [3.63, 3.8) is 0 Å². The van der Waals surface area contributed by atoms with Gasteiger partial charge in [0.15, 0.2) is 0 Å². The van der Waals surface area contributed by atoms with Crippen LogP contribution in [-0.4, -0.2) is 24.6 Å². The van der Waals surface area contributed by atoms with E-state index in [4.69, 9.17) is 4.74 Å². The summed E-state index contributed by atoms with van der Waals surface area (Å²) in [4.78, 5) is 2.25. The molecule has 1 aliphatic carbocycles. The third kappa shape index (κ3) is 4.22. The Morgan fingerprint density at radius 3 is 2.76 bits per heavy atom. The molecule has 0 radical (unpaired) electrons. The van der Waals surface area contributed by atoms with Gasteiger partial charge in [-0.1, -0.05) is 38.3 Å². The molecule has 114 valence electrons. The van der Waals surface area contributed by atoms with Crippen LogP contribution in [0.3, 0.4) is 0 Å². The molecular weight excluding hydrogens is 260 g/mol. The van der Waals surface area contributed by atoms with Crippen LogP contribution < -0.4 is 4.74 Å². The van der Waals surface area contributed by atoms with Crippen LogP contribution in [0.25, 0.3) is 0 Å². The fourth-order valence-electron chi connectivity index (χ4n) is 3.09. The Morgan fingerprint density at radius 1 is 1.33 bits per heavy atom. The smallest absolute Gasteiger partial charge is 0.123 e. The fourth-order valence-corrected chi connectivity index (χ4v) is 3.09. The Labute approximate surface area is 128 Å². The minimum atomic E-state index is -0.182. The van der Waals surface area contributed by atoms with Gasteiger partial charge in [-0.2, -0.15) is 5.26 Å². The molecule has 1 aromatic carbocycles. The maximum Gasteiger partial charge on any atom is 0.123 e. The van der Waals surface area contributed by atoms with Gasteiger partial charge in [0.1, 0.15) is 11.8 Å². The van der Waals surface area contributed by atoms with Gasteiger partial charge in [0.25, 0.3) is 0 Å². The number of hydrogen-bond donors (Lipinski definition) is 0. The number of nitriles is 1. The van der Waals surface area contributed by atoms with Crippen LogP contribution in [0.4, 0.5) is 0 Å². The van der Waals surface area contributed by atoms with E-state index in [1.54, 1.807) is 0 Å². The quantitative estimate of drug-likeness (QED) is 0.782. The molecule has 0 bridgehead atoms. The molecule has 0 amide bonds. The number of rotatable bonds is 6. The molecule has 0 spiro atoms. The normalized spacial score (nSPS) is 17.4. The first-order chi connectivity index (χ1) is 10.3. The molecule has 1 unspecified atom stereocenters. The van der Waals surface area contributed by atoms with E-state index >= 15 is 0 Å². The van der Waals surface area contributed by atoms with Crippen molar-refractivity contribution in [1.29, 1.82) is 5.26 Å². The highest BCUT2D eigenvalue weighted by molar-refractivity contribution is 5.33. The van der Waals surface area contributed by atoms with E-state index in [9.17, 15) is 5.26 Å². The van der Waals surface area contributed by atoms with Crippen molar-refractivity contribution in [3.8, 4) is 11.8 Å². The molecule has 1 aliphatic rings. The average Bonchev–Trinajstić information content (AvgIpc) is 2.55. The van der Waals surface area contributed by atoms with Gasteiger partial charge in [-0.3, -0.25) is 4.90 Å². The molecule has 3 heteroatoms. The summed E-state index contributed by atoms with van der Waals surface area (Å²) in [7, 11) is 2.09. The van der Waals surface area contributed by atoms with Crippen molar-refractivity contribution in [3.05, 3.63) is 29.8 Å². The summed E-state index contributed by atoms with van der Waals surface area (Å²) < 4.78 is 5.69. The first kappa shape index (κ1) is 15.9. The van der Waals surface area contributed by atoms with Gasteiger partial charge in [-0.05, 0) is 44.0 Å². The molecule has 0 aromatic heterocycles. The van der Waals surface area contributed by atoms with Crippen LogP contribution >= 0.6 is 0 Å². The molecule has 21 heavy (non-hydrogen) atoms. The first-order valence-electron chi connectivity index (χ1n) is 8.10. The summed E-state index contributed by atoms with van der Waals surface area (Å²) >= 11 is 0. The van der Waals surface area contributed by atoms with E-state index < -0.39 is 0 Å². The molecule has 1 aromatic rings. The monoisotopic (exact) mass is 286 g/mol. The maximum absolute atomic E-state index is 9.62. The van der Waals surface area contributed by atoms with Gasteiger partial charge < -0.3 is 4.74 Å². The van der Waals surface area contributed by atoms with Crippen molar-refractivity contribution in [2.45, 2.75) is 57.5 Å². The molecule has 3 nitrogen and oxygen atoms in total. The SMILES string of the molecule is CCCOc1cccc(C(C#N)N(C)C2CCCCC2)c1. The van der Waals surface area contributed by atoms with Crippen LogP contribution in [0.2, 0.25) is 0 Å². The van der Waals surface area contributed by atoms with Crippen molar-refractivity contribution in [2.24, 2.45) is 0 Å². The number of benzene rings is 1. The summed E-state index contributed by atoms with van der Waals surface area (Å²) in [6.45, 7) is 2.82. The minimum absolute atomic E-state index is 0.182. The van der Waals surface area contributed by atoms with Crippen LogP contribution in [0, 0.1) is 11.3 Å². The van der Waals surface area contributed by atoms with Crippen LogP contribution in [-0.2, 0) is 0 Å². The number of nitrogens with zero attached hydrogens (tertiary/aromatic N) is 2. The van der Waals surface area contributed by atoms with Crippen molar-refractivity contribution in [1.82, 2.24) is 4.90 Å². The topological polar surface area (TPSA) is 36.3 Å². The van der Waals surface area contributed by atoms with E-state index in [0.717, 1.165) is 24.3 Å². The molecular formula is C18H26N2O. The molecule has 1 atom stereocenters. The van der Waals surface area contributed by atoms with Gasteiger partial charge in [-0.25, -0.2) is 0 Å².